The van der Waals surface area contributed by atoms with Gasteiger partial charge in [-0.05, 0) is 69.2 Å². The van der Waals surface area contributed by atoms with E-state index in [4.69, 9.17) is 9.47 Å². The summed E-state index contributed by atoms with van der Waals surface area (Å²) in [5, 5.41) is 0. The Labute approximate surface area is 225 Å². The first-order valence-corrected chi connectivity index (χ1v) is 13.0. The van der Waals surface area contributed by atoms with Gasteiger partial charge in [0.15, 0.2) is 0 Å². The molecule has 4 rings (SSSR count). The highest BCUT2D eigenvalue weighted by molar-refractivity contribution is 5.95. The number of imide groups is 1. The number of halogens is 3. The van der Waals surface area contributed by atoms with Crippen molar-refractivity contribution in [3.8, 4) is 0 Å². The van der Waals surface area contributed by atoms with Crippen molar-refractivity contribution in [3.05, 3.63) is 71.3 Å². The van der Waals surface area contributed by atoms with E-state index in [9.17, 15) is 27.6 Å². The lowest BCUT2D eigenvalue weighted by atomic mass is 9.84. The zero-order valence-corrected chi connectivity index (χ0v) is 22.2. The molecule has 2 aromatic rings. The Morgan fingerprint density at radius 2 is 1.69 bits per heavy atom. The molecule has 7 nitrogen and oxygen atoms in total. The van der Waals surface area contributed by atoms with Gasteiger partial charge < -0.3 is 14.4 Å². The monoisotopic (exact) mass is 546 g/mol. The molecule has 10 heteroatoms. The molecular weight excluding hydrogens is 513 g/mol. The summed E-state index contributed by atoms with van der Waals surface area (Å²) >= 11 is 0. The minimum Gasteiger partial charge on any atom is -0.447 e. The normalized spacial score (nSPS) is 20.6. The Morgan fingerprint density at radius 1 is 1.03 bits per heavy atom. The third kappa shape index (κ3) is 7.10. The number of hydrogen-bond acceptors (Lipinski definition) is 5. The topological polar surface area (TPSA) is 76.2 Å². The van der Waals surface area contributed by atoms with E-state index in [2.05, 4.69) is 0 Å². The molecule has 0 unspecified atom stereocenters. The second-order valence-corrected chi connectivity index (χ2v) is 11.1. The fourth-order valence-corrected chi connectivity index (χ4v) is 5.09. The molecule has 0 saturated carbocycles. The molecule has 2 saturated heterocycles. The first-order valence-electron chi connectivity index (χ1n) is 13.0. The van der Waals surface area contributed by atoms with Crippen LogP contribution in [0.3, 0.4) is 0 Å². The summed E-state index contributed by atoms with van der Waals surface area (Å²) in [7, 11) is 0. The molecule has 0 spiro atoms. The average molecular weight is 547 g/mol. The van der Waals surface area contributed by atoms with E-state index in [1.165, 1.54) is 17.0 Å². The van der Waals surface area contributed by atoms with Crippen LogP contribution in [0.5, 0.6) is 0 Å². The van der Waals surface area contributed by atoms with E-state index < -0.39 is 47.4 Å². The van der Waals surface area contributed by atoms with Gasteiger partial charge >= 0.3 is 18.4 Å². The highest BCUT2D eigenvalue weighted by atomic mass is 19.4. The summed E-state index contributed by atoms with van der Waals surface area (Å²) < 4.78 is 50.0. The molecule has 3 atom stereocenters. The molecule has 2 aliphatic heterocycles. The lowest BCUT2D eigenvalue weighted by Gasteiger charge is -2.29. The number of hydrogen-bond donors (Lipinski definition) is 0. The zero-order valence-electron chi connectivity index (χ0n) is 22.2. The zero-order chi connectivity index (χ0) is 28.4. The summed E-state index contributed by atoms with van der Waals surface area (Å²) in [5.41, 5.74) is 0.00504. The van der Waals surface area contributed by atoms with Crippen LogP contribution < -0.4 is 0 Å². The predicted octanol–water partition coefficient (Wildman–Crippen LogP) is 5.71. The third-order valence-electron chi connectivity index (χ3n) is 7.01. The van der Waals surface area contributed by atoms with E-state index in [1.54, 1.807) is 20.8 Å². The summed E-state index contributed by atoms with van der Waals surface area (Å²) in [6.45, 7) is 5.96. The van der Waals surface area contributed by atoms with Crippen molar-refractivity contribution < 1.29 is 37.0 Å². The highest BCUT2D eigenvalue weighted by Gasteiger charge is 2.45. The Morgan fingerprint density at radius 3 is 2.31 bits per heavy atom. The maximum Gasteiger partial charge on any atom is 0.416 e. The van der Waals surface area contributed by atoms with Crippen molar-refractivity contribution in [2.75, 3.05) is 19.7 Å². The number of alkyl halides is 3. The second-order valence-electron chi connectivity index (χ2n) is 11.1. The van der Waals surface area contributed by atoms with Crippen molar-refractivity contribution in [1.29, 1.82) is 0 Å². The smallest absolute Gasteiger partial charge is 0.416 e. The summed E-state index contributed by atoms with van der Waals surface area (Å²) in [5.74, 6) is -1.52. The van der Waals surface area contributed by atoms with Gasteiger partial charge in [0, 0.05) is 19.0 Å². The van der Waals surface area contributed by atoms with Gasteiger partial charge in [-0.15, -0.1) is 0 Å². The van der Waals surface area contributed by atoms with Crippen LogP contribution in [0.1, 0.15) is 43.9 Å². The highest BCUT2D eigenvalue weighted by Crippen LogP contribution is 2.34. The lowest BCUT2D eigenvalue weighted by molar-refractivity contribution is -0.138. The van der Waals surface area contributed by atoms with Gasteiger partial charge in [0.2, 0.25) is 5.91 Å². The molecule has 0 bridgehead atoms. The van der Waals surface area contributed by atoms with Crippen LogP contribution in [0.25, 0.3) is 0 Å². The van der Waals surface area contributed by atoms with Crippen LogP contribution in [0, 0.1) is 11.8 Å². The maximum absolute atomic E-state index is 14.0. The minimum absolute atomic E-state index is 0.0567. The molecule has 0 N–H and O–H groups in total. The first-order chi connectivity index (χ1) is 18.3. The van der Waals surface area contributed by atoms with Crippen LogP contribution in [0.4, 0.5) is 22.8 Å². The third-order valence-corrected chi connectivity index (χ3v) is 7.01. The summed E-state index contributed by atoms with van der Waals surface area (Å²) in [4.78, 5) is 42.1. The Kier molecular flexibility index (Phi) is 8.23. The number of benzene rings is 2. The van der Waals surface area contributed by atoms with Crippen LogP contribution in [0.2, 0.25) is 0 Å². The van der Waals surface area contributed by atoms with Gasteiger partial charge in [0.05, 0.1) is 11.6 Å². The molecule has 0 radical (unpaired) electrons. The number of likely N-dealkylation sites (tertiary alicyclic amines) is 1. The van der Waals surface area contributed by atoms with E-state index in [-0.39, 0.29) is 25.5 Å². The second kappa shape index (κ2) is 11.3. The van der Waals surface area contributed by atoms with Gasteiger partial charge in [-0.25, -0.2) is 14.5 Å². The molecule has 2 aliphatic rings. The summed E-state index contributed by atoms with van der Waals surface area (Å²) in [6, 6.07) is 13.6. The van der Waals surface area contributed by atoms with Crippen LogP contribution in [-0.2, 0) is 33.3 Å². The average Bonchev–Trinajstić information content (AvgIpc) is 3.49. The molecular formula is C29H33F3N2O5. The molecule has 2 fully saturated rings. The van der Waals surface area contributed by atoms with E-state index in [1.807, 2.05) is 30.3 Å². The summed E-state index contributed by atoms with van der Waals surface area (Å²) in [6.07, 6.45) is -4.68. The van der Waals surface area contributed by atoms with Crippen molar-refractivity contribution in [2.45, 2.75) is 57.9 Å². The Balaban J connectivity index is 1.58. The number of nitrogens with zero attached hydrogens (tertiary/aromatic N) is 2. The van der Waals surface area contributed by atoms with Crippen LogP contribution in [-0.4, -0.2) is 59.2 Å². The standard InChI is InChI=1S/C29H33F3N2O5/c1-28(2,3)39-26(36)33-14-13-21(17-33)24(16-20-9-11-22(12-10-20)29(30,31)32)25(35)34-23(18-38-27(34)37)15-19-7-5-4-6-8-19/h4-12,21,23-24H,13-18H2,1-3H3/t21-,23-,24-/m0/s1. The number of ether oxygens (including phenoxy) is 2. The van der Waals surface area contributed by atoms with E-state index in [0.717, 1.165) is 22.6 Å². The van der Waals surface area contributed by atoms with Crippen LogP contribution in [0.15, 0.2) is 54.6 Å². The molecule has 3 amide bonds. The molecule has 2 aromatic carbocycles. The van der Waals surface area contributed by atoms with Crippen molar-refractivity contribution in [3.63, 3.8) is 0 Å². The van der Waals surface area contributed by atoms with Gasteiger partial charge in [0.1, 0.15) is 12.2 Å². The number of cyclic esters (lactones) is 1. The Bertz CT molecular complexity index is 1180. The Hall–Kier alpha value is -3.56. The fourth-order valence-electron chi connectivity index (χ4n) is 5.09. The van der Waals surface area contributed by atoms with Gasteiger partial charge in [-0.3, -0.25) is 4.79 Å². The van der Waals surface area contributed by atoms with Gasteiger partial charge in [-0.2, -0.15) is 13.2 Å². The lowest BCUT2D eigenvalue weighted by Crippen LogP contribution is -2.46. The quantitative estimate of drug-likeness (QED) is 0.464. The van der Waals surface area contributed by atoms with Crippen molar-refractivity contribution in [2.24, 2.45) is 11.8 Å². The van der Waals surface area contributed by atoms with E-state index >= 15 is 0 Å². The molecule has 39 heavy (non-hydrogen) atoms. The van der Waals surface area contributed by atoms with Crippen molar-refractivity contribution in [1.82, 2.24) is 9.80 Å². The SMILES string of the molecule is CC(C)(C)OC(=O)N1CC[C@H]([C@H](Cc2ccc(C(F)(F)F)cc2)C(=O)N2C(=O)OC[C@@H]2Cc2ccccc2)C1. The molecule has 2 heterocycles. The first kappa shape index (κ1) is 28.4. The number of amides is 3. The van der Waals surface area contributed by atoms with Crippen molar-refractivity contribution >= 4 is 18.1 Å². The predicted molar refractivity (Wildman–Crippen MR) is 137 cm³/mol. The number of rotatable bonds is 6. The molecule has 0 aliphatic carbocycles. The number of carbonyl (C=O) groups excluding carboxylic acids is 3. The van der Waals surface area contributed by atoms with Gasteiger partial charge in [-0.1, -0.05) is 42.5 Å². The van der Waals surface area contributed by atoms with E-state index in [0.29, 0.717) is 24.9 Å². The van der Waals surface area contributed by atoms with Gasteiger partial charge in [0.25, 0.3) is 0 Å². The minimum atomic E-state index is -4.48. The number of carbonyl (C=O) groups is 3. The fraction of sp³-hybridized carbons (Fsp3) is 0.483. The van der Waals surface area contributed by atoms with Crippen LogP contribution >= 0.6 is 0 Å². The molecule has 0 aromatic heterocycles. The molecule has 210 valence electrons. The maximum atomic E-state index is 14.0. The largest absolute Gasteiger partial charge is 0.447 e.